The Balaban J connectivity index is 1.73. The molecule has 0 radical (unpaired) electrons. The first-order valence-electron chi connectivity index (χ1n) is 8.01. The van der Waals surface area contributed by atoms with Crippen LogP contribution in [0.5, 0.6) is 5.75 Å². The Labute approximate surface area is 140 Å². The average molecular weight is 318 g/mol. The van der Waals surface area contributed by atoms with Crippen LogP contribution in [-0.2, 0) is 0 Å². The summed E-state index contributed by atoms with van der Waals surface area (Å²) in [6.45, 7) is 2.65. The first kappa shape index (κ1) is 14.5. The molecule has 0 amide bonds. The molecule has 0 aliphatic carbocycles. The van der Waals surface area contributed by atoms with Crippen LogP contribution in [-0.4, -0.2) is 21.4 Å². The second-order valence-electron chi connectivity index (χ2n) is 5.55. The van der Waals surface area contributed by atoms with E-state index >= 15 is 0 Å². The molecule has 4 rings (SSSR count). The summed E-state index contributed by atoms with van der Waals surface area (Å²) in [7, 11) is 0. The van der Waals surface area contributed by atoms with Crippen molar-refractivity contribution in [3.8, 4) is 5.75 Å². The minimum atomic E-state index is -0.00497. The van der Waals surface area contributed by atoms with E-state index in [0.717, 1.165) is 28.5 Å². The van der Waals surface area contributed by atoms with Crippen LogP contribution < -0.4 is 10.1 Å². The monoisotopic (exact) mass is 318 g/mol. The van der Waals surface area contributed by atoms with E-state index in [2.05, 4.69) is 45.7 Å². The van der Waals surface area contributed by atoms with Crippen LogP contribution in [0.4, 0.5) is 5.95 Å². The quantitative estimate of drug-likeness (QED) is 0.796. The van der Waals surface area contributed by atoms with Gasteiger partial charge in [-0.1, -0.05) is 42.5 Å². The predicted molar refractivity (Wildman–Crippen MR) is 93.8 cm³/mol. The first-order valence-corrected chi connectivity index (χ1v) is 8.01. The van der Waals surface area contributed by atoms with Gasteiger partial charge in [-0.15, -0.1) is 0 Å². The molecule has 120 valence electrons. The molecule has 1 atom stereocenters. The number of nitrogens with zero attached hydrogens (tertiary/aromatic N) is 3. The van der Waals surface area contributed by atoms with Crippen molar-refractivity contribution in [3.63, 3.8) is 0 Å². The second kappa shape index (κ2) is 6.20. The summed E-state index contributed by atoms with van der Waals surface area (Å²) in [6, 6.07) is 18.4. The summed E-state index contributed by atoms with van der Waals surface area (Å²) >= 11 is 0. The highest BCUT2D eigenvalue weighted by Crippen LogP contribution is 2.32. The minimum Gasteiger partial charge on any atom is -0.494 e. The van der Waals surface area contributed by atoms with Gasteiger partial charge in [0.05, 0.1) is 6.61 Å². The molecule has 24 heavy (non-hydrogen) atoms. The van der Waals surface area contributed by atoms with Crippen LogP contribution in [0.25, 0.3) is 5.70 Å². The molecule has 0 saturated carbocycles. The molecule has 2 aromatic carbocycles. The van der Waals surface area contributed by atoms with Crippen molar-refractivity contribution in [2.75, 3.05) is 11.9 Å². The summed E-state index contributed by atoms with van der Waals surface area (Å²) in [5.41, 5.74) is 3.30. The maximum absolute atomic E-state index is 5.53. The highest BCUT2D eigenvalue weighted by Gasteiger charge is 2.23. The van der Waals surface area contributed by atoms with Crippen molar-refractivity contribution in [2.24, 2.45) is 0 Å². The Kier molecular flexibility index (Phi) is 3.75. The molecule has 1 N–H and O–H groups in total. The Bertz CT molecular complexity index is 853. The fourth-order valence-corrected chi connectivity index (χ4v) is 2.89. The average Bonchev–Trinajstić information content (AvgIpc) is 3.11. The highest BCUT2D eigenvalue weighted by atomic mass is 16.5. The van der Waals surface area contributed by atoms with Gasteiger partial charge in [0.2, 0.25) is 5.95 Å². The topological polar surface area (TPSA) is 52.0 Å². The molecular weight excluding hydrogens is 300 g/mol. The van der Waals surface area contributed by atoms with Crippen molar-refractivity contribution in [1.29, 1.82) is 0 Å². The molecule has 0 saturated heterocycles. The highest BCUT2D eigenvalue weighted by molar-refractivity contribution is 5.77. The van der Waals surface area contributed by atoms with Gasteiger partial charge in [-0.2, -0.15) is 10.1 Å². The molecular formula is C19H18N4O. The predicted octanol–water partition coefficient (Wildman–Crippen LogP) is 3.73. The van der Waals surface area contributed by atoms with E-state index in [4.69, 9.17) is 4.74 Å². The fourth-order valence-electron chi connectivity index (χ4n) is 2.89. The van der Waals surface area contributed by atoms with Crippen LogP contribution in [0.2, 0.25) is 0 Å². The van der Waals surface area contributed by atoms with Crippen LogP contribution in [0, 0.1) is 0 Å². The Hall–Kier alpha value is -3.08. The standard InChI is InChI=1S/C19H18N4O/c1-2-24-16-10-8-15(9-11-16)18-12-17(14-6-4-3-5-7-14)22-19-20-13-21-23(18)19/h3-13,18H,2H2,1H3,(H,20,21,22)/t18-/m1/s1. The van der Waals surface area contributed by atoms with Crippen LogP contribution in [0.3, 0.4) is 0 Å². The lowest BCUT2D eigenvalue weighted by Crippen LogP contribution is -2.20. The van der Waals surface area contributed by atoms with E-state index in [9.17, 15) is 0 Å². The van der Waals surface area contributed by atoms with E-state index in [-0.39, 0.29) is 6.04 Å². The lowest BCUT2D eigenvalue weighted by molar-refractivity contribution is 0.340. The molecule has 1 aliphatic rings. The number of hydrogen-bond donors (Lipinski definition) is 1. The zero-order chi connectivity index (χ0) is 16.4. The van der Waals surface area contributed by atoms with Crippen LogP contribution >= 0.6 is 0 Å². The van der Waals surface area contributed by atoms with Gasteiger partial charge in [-0.05, 0) is 36.3 Å². The van der Waals surface area contributed by atoms with Crippen molar-refractivity contribution < 1.29 is 4.74 Å². The van der Waals surface area contributed by atoms with Crippen molar-refractivity contribution in [2.45, 2.75) is 13.0 Å². The van der Waals surface area contributed by atoms with Crippen molar-refractivity contribution in [1.82, 2.24) is 14.8 Å². The molecule has 1 aromatic heterocycles. The number of ether oxygens (including phenoxy) is 1. The van der Waals surface area contributed by atoms with Gasteiger partial charge in [-0.3, -0.25) is 0 Å². The van der Waals surface area contributed by atoms with Gasteiger partial charge in [0, 0.05) is 5.70 Å². The van der Waals surface area contributed by atoms with E-state index in [0.29, 0.717) is 6.61 Å². The number of anilines is 1. The minimum absolute atomic E-state index is 0.00497. The molecule has 3 aromatic rings. The van der Waals surface area contributed by atoms with Gasteiger partial charge >= 0.3 is 0 Å². The maximum Gasteiger partial charge on any atom is 0.226 e. The lowest BCUT2D eigenvalue weighted by atomic mass is 10.0. The molecule has 5 heteroatoms. The molecule has 0 spiro atoms. The van der Waals surface area contributed by atoms with Gasteiger partial charge in [0.25, 0.3) is 0 Å². The zero-order valence-electron chi connectivity index (χ0n) is 13.4. The van der Waals surface area contributed by atoms with E-state index in [1.165, 1.54) is 0 Å². The van der Waals surface area contributed by atoms with E-state index in [1.807, 2.05) is 41.9 Å². The number of aromatic nitrogens is 3. The number of rotatable bonds is 4. The molecule has 2 heterocycles. The number of hydrogen-bond acceptors (Lipinski definition) is 4. The largest absolute Gasteiger partial charge is 0.494 e. The molecule has 0 bridgehead atoms. The van der Waals surface area contributed by atoms with Crippen LogP contribution in [0.15, 0.2) is 67.0 Å². The smallest absolute Gasteiger partial charge is 0.226 e. The summed E-state index contributed by atoms with van der Waals surface area (Å²) in [5.74, 6) is 1.62. The van der Waals surface area contributed by atoms with Crippen LogP contribution in [0.1, 0.15) is 24.1 Å². The summed E-state index contributed by atoms with van der Waals surface area (Å²) in [6.07, 6.45) is 3.75. The van der Waals surface area contributed by atoms with Gasteiger partial charge in [0.1, 0.15) is 18.1 Å². The molecule has 0 fully saturated rings. The Morgan fingerprint density at radius 2 is 1.88 bits per heavy atom. The number of fused-ring (bicyclic) bond motifs is 1. The Morgan fingerprint density at radius 1 is 1.08 bits per heavy atom. The maximum atomic E-state index is 5.53. The number of allylic oxidation sites excluding steroid dienone is 1. The van der Waals surface area contributed by atoms with E-state index in [1.54, 1.807) is 6.33 Å². The molecule has 5 nitrogen and oxygen atoms in total. The summed E-state index contributed by atoms with van der Waals surface area (Å²) in [5, 5.41) is 7.72. The second-order valence-corrected chi connectivity index (χ2v) is 5.55. The van der Waals surface area contributed by atoms with Gasteiger partial charge < -0.3 is 10.1 Å². The van der Waals surface area contributed by atoms with E-state index < -0.39 is 0 Å². The Morgan fingerprint density at radius 3 is 2.62 bits per heavy atom. The third kappa shape index (κ3) is 2.65. The van der Waals surface area contributed by atoms with Gasteiger partial charge in [0.15, 0.2) is 0 Å². The van der Waals surface area contributed by atoms with Gasteiger partial charge in [-0.25, -0.2) is 4.68 Å². The first-order chi connectivity index (χ1) is 11.8. The molecule has 1 aliphatic heterocycles. The number of nitrogens with one attached hydrogen (secondary N) is 1. The van der Waals surface area contributed by atoms with Crippen molar-refractivity contribution >= 4 is 11.6 Å². The zero-order valence-corrected chi connectivity index (χ0v) is 13.4. The summed E-state index contributed by atoms with van der Waals surface area (Å²) < 4.78 is 7.42. The SMILES string of the molecule is CCOc1ccc([C@H]2C=C(c3ccccc3)Nc3ncnn32)cc1. The van der Waals surface area contributed by atoms with Crippen molar-refractivity contribution in [3.05, 3.63) is 78.1 Å². The number of benzene rings is 2. The fraction of sp³-hybridized carbons (Fsp3) is 0.158. The summed E-state index contributed by atoms with van der Waals surface area (Å²) in [4.78, 5) is 4.33. The third-order valence-electron chi connectivity index (χ3n) is 4.02. The normalized spacial score (nSPS) is 16.0. The lowest BCUT2D eigenvalue weighted by Gasteiger charge is -2.24. The molecule has 0 unspecified atom stereocenters. The third-order valence-corrected chi connectivity index (χ3v) is 4.02.